The van der Waals surface area contributed by atoms with Crippen molar-refractivity contribution < 1.29 is 31.5 Å². The average Bonchev–Trinajstić information content (AvgIpc) is 3.68. The molecule has 2 spiro atoms. The number of nitrogens with zero attached hydrogens (tertiary/aromatic N) is 6. The predicted molar refractivity (Wildman–Crippen MR) is 289 cm³/mol. The Morgan fingerprint density at radius 1 is 0.568 bits per heavy atom. The van der Waals surface area contributed by atoms with Crippen molar-refractivity contribution in [2.24, 2.45) is 10.8 Å². The summed E-state index contributed by atoms with van der Waals surface area (Å²) >= 11 is 0. The van der Waals surface area contributed by atoms with E-state index in [2.05, 4.69) is 30.2 Å². The van der Waals surface area contributed by atoms with E-state index in [-0.39, 0.29) is 50.2 Å². The molecular formula is C57H72N8O7S2. The first-order chi connectivity index (χ1) is 35.8. The number of anilines is 6. The predicted octanol–water partition coefficient (Wildman–Crippen LogP) is 9.17. The van der Waals surface area contributed by atoms with Crippen LogP contribution in [0.15, 0.2) is 82.6 Å². The number of sulfone groups is 2. The molecule has 17 heteroatoms. The first-order valence-corrected chi connectivity index (χ1v) is 30.8. The highest BCUT2D eigenvalue weighted by molar-refractivity contribution is 7.92. The van der Waals surface area contributed by atoms with Gasteiger partial charge in [-0.2, -0.15) is 0 Å². The van der Waals surface area contributed by atoms with Gasteiger partial charge in [-0.25, -0.2) is 26.8 Å². The number of hydrogen-bond acceptors (Lipinski definition) is 13. The van der Waals surface area contributed by atoms with E-state index in [1.54, 1.807) is 48.5 Å². The monoisotopic (exact) mass is 1040 g/mol. The highest BCUT2D eigenvalue weighted by Gasteiger charge is 2.57. The second kappa shape index (κ2) is 19.4. The van der Waals surface area contributed by atoms with Crippen LogP contribution in [0.3, 0.4) is 0 Å². The highest BCUT2D eigenvalue weighted by atomic mass is 32.2. The van der Waals surface area contributed by atoms with Crippen LogP contribution in [-0.4, -0.2) is 112 Å². The van der Waals surface area contributed by atoms with Crippen LogP contribution >= 0.6 is 0 Å². The maximum atomic E-state index is 14.4. The Morgan fingerprint density at radius 2 is 1.07 bits per heavy atom. The van der Waals surface area contributed by atoms with Crippen LogP contribution in [0.2, 0.25) is 0 Å². The Balaban J connectivity index is 0.771. The highest BCUT2D eigenvalue weighted by Crippen LogP contribution is 2.57. The van der Waals surface area contributed by atoms with Gasteiger partial charge in [0.2, 0.25) is 0 Å². The van der Waals surface area contributed by atoms with Gasteiger partial charge in [-0.3, -0.25) is 9.59 Å². The van der Waals surface area contributed by atoms with Gasteiger partial charge in [0, 0.05) is 56.7 Å². The second-order valence-corrected chi connectivity index (χ2v) is 27.9. The van der Waals surface area contributed by atoms with Gasteiger partial charge in [-0.05, 0) is 168 Å². The third-order valence-corrected chi connectivity index (χ3v) is 23.5. The summed E-state index contributed by atoms with van der Waals surface area (Å²) in [5.41, 5.74) is 1.82. The minimum absolute atomic E-state index is 0.0142. The first-order valence-electron chi connectivity index (χ1n) is 27.7. The van der Waals surface area contributed by atoms with Gasteiger partial charge < -0.3 is 35.3 Å². The lowest BCUT2D eigenvalue weighted by Crippen LogP contribution is -2.59. The summed E-state index contributed by atoms with van der Waals surface area (Å²) in [6.07, 6.45) is 18.7. The zero-order chi connectivity index (χ0) is 50.9. The van der Waals surface area contributed by atoms with E-state index in [1.807, 2.05) is 24.3 Å². The molecule has 3 saturated heterocycles. The molecule has 2 amide bonds. The van der Waals surface area contributed by atoms with Crippen molar-refractivity contribution >= 4 is 66.1 Å². The lowest BCUT2D eigenvalue weighted by atomic mass is 9.59. The molecule has 0 unspecified atom stereocenters. The largest absolute Gasteiger partial charge is 0.394 e. The van der Waals surface area contributed by atoms with E-state index in [1.165, 1.54) is 19.3 Å². The van der Waals surface area contributed by atoms with Gasteiger partial charge in [0.1, 0.15) is 23.3 Å². The van der Waals surface area contributed by atoms with Crippen LogP contribution in [0.25, 0.3) is 0 Å². The number of carbonyl (C=O) groups excluding carboxylic acids is 2. The van der Waals surface area contributed by atoms with Crippen molar-refractivity contribution in [3.63, 3.8) is 0 Å². The topological polar surface area (TPSA) is 185 Å². The van der Waals surface area contributed by atoms with Crippen molar-refractivity contribution in [3.8, 4) is 0 Å². The van der Waals surface area contributed by atoms with Gasteiger partial charge in [0.25, 0.3) is 11.8 Å². The lowest BCUT2D eigenvalue weighted by Gasteiger charge is -2.57. The lowest BCUT2D eigenvalue weighted by molar-refractivity contribution is 0.0566. The van der Waals surface area contributed by atoms with Gasteiger partial charge in [0.15, 0.2) is 19.7 Å². The number of amides is 2. The van der Waals surface area contributed by atoms with Gasteiger partial charge >= 0.3 is 0 Å². The van der Waals surface area contributed by atoms with Crippen molar-refractivity contribution in [1.82, 2.24) is 9.97 Å². The number of piperidine rings is 2. The van der Waals surface area contributed by atoms with Crippen LogP contribution in [0.1, 0.15) is 149 Å². The number of aromatic nitrogens is 2. The SMILES string of the molecule is O=C(Nc1cccc(S(=O)(=O)C2CCCC2)c1)c1ccc(N2CCC2)nc1N1CCC2(CC1)CC(N(c1ccc(C(=O)Nc3cccc(S(=O)(=O)C4CCCC4)c3)c(N3CCC4(CCC4)CC3)n1)C1(CO)CC1)C2. The fourth-order valence-corrected chi connectivity index (χ4v) is 17.6. The van der Waals surface area contributed by atoms with E-state index in [9.17, 15) is 31.5 Å². The van der Waals surface area contributed by atoms with Crippen LogP contribution in [0, 0.1) is 10.8 Å². The molecule has 5 heterocycles. The fraction of sp³-hybridized carbons (Fsp3) is 0.579. The number of benzene rings is 2. The summed E-state index contributed by atoms with van der Waals surface area (Å²) in [5, 5.41) is 16.4. The summed E-state index contributed by atoms with van der Waals surface area (Å²) in [6, 6.07) is 21.1. The molecule has 12 rings (SSSR count). The molecule has 0 bridgehead atoms. The maximum absolute atomic E-state index is 14.4. The number of carbonyl (C=O) groups is 2. The molecule has 4 aromatic rings. The number of nitrogens with one attached hydrogen (secondary N) is 2. The van der Waals surface area contributed by atoms with E-state index < -0.39 is 25.2 Å². The Labute approximate surface area is 436 Å². The Kier molecular flexibility index (Phi) is 13.0. The Morgan fingerprint density at radius 3 is 1.53 bits per heavy atom. The van der Waals surface area contributed by atoms with E-state index in [0.29, 0.717) is 65.2 Å². The third kappa shape index (κ3) is 9.23. The number of rotatable bonds is 15. The average molecular weight is 1050 g/mol. The number of aliphatic hydroxyl groups is 1. The second-order valence-electron chi connectivity index (χ2n) is 23.4. The molecule has 394 valence electrons. The van der Waals surface area contributed by atoms with Gasteiger partial charge in [-0.15, -0.1) is 0 Å². The summed E-state index contributed by atoms with van der Waals surface area (Å²) < 4.78 is 54.1. The van der Waals surface area contributed by atoms with Crippen LogP contribution < -0.4 is 30.2 Å². The zero-order valence-electron chi connectivity index (χ0n) is 42.6. The van der Waals surface area contributed by atoms with E-state index in [0.717, 1.165) is 134 Å². The smallest absolute Gasteiger partial charge is 0.259 e. The zero-order valence-corrected chi connectivity index (χ0v) is 44.3. The summed E-state index contributed by atoms with van der Waals surface area (Å²) in [5.74, 6) is 2.27. The van der Waals surface area contributed by atoms with Crippen LogP contribution in [0.5, 0.6) is 0 Å². The molecule has 8 aliphatic rings. The maximum Gasteiger partial charge on any atom is 0.259 e. The molecule has 3 aliphatic heterocycles. The minimum Gasteiger partial charge on any atom is -0.394 e. The summed E-state index contributed by atoms with van der Waals surface area (Å²) in [4.78, 5) is 48.8. The van der Waals surface area contributed by atoms with Gasteiger partial charge in [0.05, 0.1) is 43.6 Å². The number of hydrogen-bond donors (Lipinski definition) is 3. The molecule has 0 atom stereocenters. The van der Waals surface area contributed by atoms with E-state index >= 15 is 0 Å². The molecule has 74 heavy (non-hydrogen) atoms. The molecule has 15 nitrogen and oxygen atoms in total. The minimum atomic E-state index is -3.51. The number of pyridine rings is 2. The molecule has 8 fully saturated rings. The van der Waals surface area contributed by atoms with Crippen molar-refractivity contribution in [3.05, 3.63) is 83.9 Å². The molecule has 2 aromatic carbocycles. The van der Waals surface area contributed by atoms with Crippen molar-refractivity contribution in [2.45, 2.75) is 160 Å². The van der Waals surface area contributed by atoms with Gasteiger partial charge in [-0.1, -0.05) is 44.2 Å². The molecule has 2 aromatic heterocycles. The van der Waals surface area contributed by atoms with Crippen molar-refractivity contribution in [2.75, 3.05) is 76.1 Å². The van der Waals surface area contributed by atoms with Crippen LogP contribution in [-0.2, 0) is 19.7 Å². The first kappa shape index (κ1) is 49.6. The normalized spacial score (nSPS) is 22.5. The van der Waals surface area contributed by atoms with E-state index in [4.69, 9.17) is 9.97 Å². The number of aliphatic hydroxyl groups excluding tert-OH is 1. The Hall–Kier alpha value is -5.26. The standard InChI is InChI=1S/C57H72N8O7S2/c66-39-57(23-24-57)65(50-20-18-48(52(61-50)63-31-25-55(26-32-63)21-7-22-55)54(68)59-41-10-6-16-46(36-41)74(71,72)44-13-3-4-14-44)42-37-56(38-42)27-33-64(34-28-56)51-47(17-19-49(60-51)62-29-8-30-62)53(67)58-40-9-5-15-45(35-40)73(69,70)43-11-1-2-12-43/h5-6,9-10,15-20,35-36,42-44,66H,1-4,7-8,11-14,21-34,37-39H2,(H,58,67)(H,59,68). The molecule has 5 saturated carbocycles. The molecular weight excluding hydrogens is 973 g/mol. The summed E-state index contributed by atoms with van der Waals surface area (Å²) in [6.45, 7) is 4.91. The van der Waals surface area contributed by atoms with Crippen molar-refractivity contribution in [1.29, 1.82) is 0 Å². The van der Waals surface area contributed by atoms with Crippen LogP contribution in [0.4, 0.5) is 34.6 Å². The molecule has 5 aliphatic carbocycles. The molecule has 3 N–H and O–H groups in total. The molecule has 0 radical (unpaired) electrons. The summed E-state index contributed by atoms with van der Waals surface area (Å²) in [7, 11) is -7.01. The Bertz CT molecular complexity index is 3010. The fourth-order valence-electron chi connectivity index (χ4n) is 13.8. The quantitative estimate of drug-likeness (QED) is 0.102. The third-order valence-electron chi connectivity index (χ3n) is 19.0.